The Hall–Kier alpha value is -3.88. The lowest BCUT2D eigenvalue weighted by molar-refractivity contribution is -0.384. The van der Waals surface area contributed by atoms with Gasteiger partial charge in [-0.2, -0.15) is 0 Å². The van der Waals surface area contributed by atoms with E-state index in [-0.39, 0.29) is 11.4 Å². The summed E-state index contributed by atoms with van der Waals surface area (Å²) in [6.07, 6.45) is 0.782. The number of aromatic nitrogens is 1. The van der Waals surface area contributed by atoms with Crippen molar-refractivity contribution < 1.29 is 23.7 Å². The summed E-state index contributed by atoms with van der Waals surface area (Å²) in [7, 11) is 0. The molecule has 162 valence electrons. The van der Waals surface area contributed by atoms with Crippen LogP contribution in [0.3, 0.4) is 0 Å². The van der Waals surface area contributed by atoms with E-state index >= 15 is 0 Å². The van der Waals surface area contributed by atoms with Gasteiger partial charge in [0.2, 0.25) is 0 Å². The lowest BCUT2D eigenvalue weighted by Crippen LogP contribution is -2.13. The molecule has 0 atom stereocenters. The second-order valence-corrected chi connectivity index (χ2v) is 6.85. The Balaban J connectivity index is 1.67. The highest BCUT2D eigenvalue weighted by Gasteiger charge is 2.18. The highest BCUT2D eigenvalue weighted by Crippen LogP contribution is 2.30. The number of nitrogens with zero attached hydrogens (tertiary/aromatic N) is 2. The molecule has 3 rings (SSSR count). The normalized spacial score (nSPS) is 10.5. The molecule has 0 aliphatic rings. The van der Waals surface area contributed by atoms with Crippen molar-refractivity contribution in [3.63, 3.8) is 0 Å². The van der Waals surface area contributed by atoms with E-state index in [1.165, 1.54) is 12.1 Å². The van der Waals surface area contributed by atoms with E-state index in [0.29, 0.717) is 36.0 Å². The third kappa shape index (κ3) is 5.39. The number of nitrogens with one attached hydrogen (secondary N) is 1. The Morgan fingerprint density at radius 1 is 1.13 bits per heavy atom. The van der Waals surface area contributed by atoms with Gasteiger partial charge in [-0.05, 0) is 56.7 Å². The van der Waals surface area contributed by atoms with Crippen LogP contribution in [0, 0.1) is 24.0 Å². The monoisotopic (exact) mass is 425 g/mol. The zero-order valence-electron chi connectivity index (χ0n) is 17.5. The number of anilines is 1. The van der Waals surface area contributed by atoms with E-state index in [9.17, 15) is 14.9 Å². The van der Waals surface area contributed by atoms with Crippen molar-refractivity contribution in [1.29, 1.82) is 0 Å². The molecular formula is C22H23N3O6. The largest absolute Gasteiger partial charge is 0.493 e. The molecule has 1 aromatic heterocycles. The molecule has 9 heteroatoms. The minimum absolute atomic E-state index is 0.0950. The highest BCUT2D eigenvalue weighted by atomic mass is 16.6. The average molecular weight is 425 g/mol. The maximum Gasteiger partial charge on any atom is 0.296 e. The number of benzene rings is 2. The van der Waals surface area contributed by atoms with E-state index in [1.54, 1.807) is 30.3 Å². The minimum Gasteiger partial charge on any atom is -0.493 e. The Morgan fingerprint density at radius 2 is 1.84 bits per heavy atom. The molecule has 0 spiro atoms. The molecule has 31 heavy (non-hydrogen) atoms. The van der Waals surface area contributed by atoms with E-state index in [2.05, 4.69) is 10.5 Å². The number of hydrogen-bond acceptors (Lipinski definition) is 7. The highest BCUT2D eigenvalue weighted by molar-refractivity contribution is 6.05. The van der Waals surface area contributed by atoms with Crippen molar-refractivity contribution in [1.82, 2.24) is 5.16 Å². The van der Waals surface area contributed by atoms with Gasteiger partial charge in [-0.1, -0.05) is 12.1 Å². The van der Waals surface area contributed by atoms with Gasteiger partial charge in [0.05, 0.1) is 28.9 Å². The van der Waals surface area contributed by atoms with Gasteiger partial charge in [-0.3, -0.25) is 14.9 Å². The Morgan fingerprint density at radius 3 is 2.45 bits per heavy atom. The first kappa shape index (κ1) is 21.8. The van der Waals surface area contributed by atoms with Gasteiger partial charge in [-0.15, -0.1) is 0 Å². The summed E-state index contributed by atoms with van der Waals surface area (Å²) in [6.45, 7) is 6.34. The summed E-state index contributed by atoms with van der Waals surface area (Å²) in [5, 5.41) is 17.9. The number of nitro groups is 1. The first-order chi connectivity index (χ1) is 14.9. The Kier molecular flexibility index (Phi) is 6.86. The lowest BCUT2D eigenvalue weighted by atomic mass is 10.2. The Bertz CT molecular complexity index is 1060. The fourth-order valence-electron chi connectivity index (χ4n) is 2.84. The molecule has 0 fully saturated rings. The summed E-state index contributed by atoms with van der Waals surface area (Å²) >= 11 is 0. The minimum atomic E-state index is -0.555. The molecule has 0 bridgehead atoms. The van der Waals surface area contributed by atoms with Crippen LogP contribution in [0.15, 0.2) is 47.0 Å². The van der Waals surface area contributed by atoms with Crippen LogP contribution in [-0.2, 0) is 6.61 Å². The summed E-state index contributed by atoms with van der Waals surface area (Å²) in [5.41, 5.74) is 1.84. The molecular weight excluding hydrogens is 402 g/mol. The second kappa shape index (κ2) is 9.75. The summed E-state index contributed by atoms with van der Waals surface area (Å²) in [6, 6.07) is 10.8. The van der Waals surface area contributed by atoms with Crippen molar-refractivity contribution in [3.8, 4) is 11.5 Å². The quantitative estimate of drug-likeness (QED) is 0.386. The molecule has 0 radical (unpaired) electrons. The van der Waals surface area contributed by atoms with Crippen LogP contribution in [0.25, 0.3) is 0 Å². The molecule has 3 aromatic rings. The molecule has 9 nitrogen and oxygen atoms in total. The number of ether oxygens (including phenoxy) is 2. The van der Waals surface area contributed by atoms with Crippen LogP contribution in [0.5, 0.6) is 11.5 Å². The number of nitro benzene ring substituents is 1. The second-order valence-electron chi connectivity index (χ2n) is 6.85. The summed E-state index contributed by atoms with van der Waals surface area (Å²) in [5.74, 6) is 1.18. The number of hydrogen-bond donors (Lipinski definition) is 1. The maximum absolute atomic E-state index is 12.6. The van der Waals surface area contributed by atoms with E-state index in [0.717, 1.165) is 17.7 Å². The third-order valence-electron chi connectivity index (χ3n) is 4.57. The summed E-state index contributed by atoms with van der Waals surface area (Å²) < 4.78 is 16.3. The molecule has 0 saturated heterocycles. The van der Waals surface area contributed by atoms with E-state index < -0.39 is 10.8 Å². The molecule has 2 aromatic carbocycles. The van der Waals surface area contributed by atoms with Crippen LogP contribution < -0.4 is 14.8 Å². The third-order valence-corrected chi connectivity index (χ3v) is 4.57. The van der Waals surface area contributed by atoms with Crippen LogP contribution in [0.4, 0.5) is 11.4 Å². The number of carbonyl (C=O) groups is 1. The summed E-state index contributed by atoms with van der Waals surface area (Å²) in [4.78, 5) is 23.4. The lowest BCUT2D eigenvalue weighted by Gasteiger charge is -2.10. The smallest absolute Gasteiger partial charge is 0.296 e. The average Bonchev–Trinajstić information content (AvgIpc) is 3.08. The topological polar surface area (TPSA) is 117 Å². The molecule has 1 N–H and O–H groups in total. The van der Waals surface area contributed by atoms with Gasteiger partial charge in [0.1, 0.15) is 29.6 Å². The standard InChI is InChI=1S/C22H23N3O6/c1-4-11-29-18-9-10-20(21(12-18)25(27)28)23-22(26)16-5-7-17(8-6-16)30-13-19-14(2)24-31-15(19)3/h5-10,12H,4,11,13H2,1-3H3,(H,23,26). The fourth-order valence-corrected chi connectivity index (χ4v) is 2.84. The predicted octanol–water partition coefficient (Wildman–Crippen LogP) is 4.82. The van der Waals surface area contributed by atoms with Gasteiger partial charge < -0.3 is 19.3 Å². The molecule has 0 aliphatic heterocycles. The van der Waals surface area contributed by atoms with Crippen LogP contribution in [-0.4, -0.2) is 22.6 Å². The zero-order chi connectivity index (χ0) is 22.4. The van der Waals surface area contributed by atoms with Crippen molar-refractivity contribution >= 4 is 17.3 Å². The van der Waals surface area contributed by atoms with Gasteiger partial charge in [0.25, 0.3) is 11.6 Å². The SMILES string of the molecule is CCCOc1ccc(NC(=O)c2ccc(OCc3c(C)noc3C)cc2)c([N+](=O)[O-])c1. The van der Waals surface area contributed by atoms with Crippen molar-refractivity contribution in [2.24, 2.45) is 0 Å². The maximum atomic E-state index is 12.6. The van der Waals surface area contributed by atoms with Crippen LogP contribution in [0.1, 0.15) is 40.7 Å². The van der Waals surface area contributed by atoms with Gasteiger partial charge in [-0.25, -0.2) is 0 Å². The number of carbonyl (C=O) groups excluding carboxylic acids is 1. The van der Waals surface area contributed by atoms with Gasteiger partial charge in [0, 0.05) is 5.56 Å². The van der Waals surface area contributed by atoms with Crippen molar-refractivity contribution in [2.75, 3.05) is 11.9 Å². The van der Waals surface area contributed by atoms with Crippen LogP contribution in [0.2, 0.25) is 0 Å². The molecule has 0 aliphatic carbocycles. The van der Waals surface area contributed by atoms with Gasteiger partial charge >= 0.3 is 0 Å². The number of aryl methyl sites for hydroxylation is 2. The zero-order valence-corrected chi connectivity index (χ0v) is 17.5. The first-order valence-corrected chi connectivity index (χ1v) is 9.76. The number of amides is 1. The predicted molar refractivity (Wildman–Crippen MR) is 114 cm³/mol. The molecule has 1 heterocycles. The van der Waals surface area contributed by atoms with Crippen molar-refractivity contribution in [3.05, 3.63) is 75.2 Å². The van der Waals surface area contributed by atoms with Crippen LogP contribution >= 0.6 is 0 Å². The van der Waals surface area contributed by atoms with Gasteiger partial charge in [0.15, 0.2) is 0 Å². The van der Waals surface area contributed by atoms with Crippen molar-refractivity contribution in [2.45, 2.75) is 33.8 Å². The molecule has 0 unspecified atom stereocenters. The number of rotatable bonds is 9. The molecule has 0 saturated carbocycles. The first-order valence-electron chi connectivity index (χ1n) is 9.76. The Labute approximate surface area is 179 Å². The molecule has 1 amide bonds. The van der Waals surface area contributed by atoms with E-state index in [4.69, 9.17) is 14.0 Å². The fraction of sp³-hybridized carbons (Fsp3) is 0.273. The van der Waals surface area contributed by atoms with E-state index in [1.807, 2.05) is 20.8 Å².